The number of hydrogen-bond donors (Lipinski definition) is 1. The third-order valence-corrected chi connectivity index (χ3v) is 2.54. The lowest BCUT2D eigenvalue weighted by Crippen LogP contribution is -2.58. The molecule has 1 atom stereocenters. The van der Waals surface area contributed by atoms with Gasteiger partial charge in [-0.1, -0.05) is 13.8 Å². The van der Waals surface area contributed by atoms with Crippen molar-refractivity contribution in [2.75, 3.05) is 13.1 Å². The average molecular weight is 212 g/mol. The fourth-order valence-electron chi connectivity index (χ4n) is 1.34. The smallest absolute Gasteiger partial charge is 0.243 e. The molecule has 1 aliphatic rings. The van der Waals surface area contributed by atoms with Crippen LogP contribution in [0.2, 0.25) is 0 Å². The van der Waals surface area contributed by atoms with E-state index in [4.69, 9.17) is 0 Å². The van der Waals surface area contributed by atoms with Crippen LogP contribution in [0.3, 0.4) is 0 Å². The van der Waals surface area contributed by atoms with Crippen molar-refractivity contribution >= 4 is 17.6 Å². The molecule has 5 nitrogen and oxygen atoms in total. The summed E-state index contributed by atoms with van der Waals surface area (Å²) < 4.78 is 0. The Bertz CT molecular complexity index is 299. The normalized spacial score (nSPS) is 23.1. The number of Topliss-reactive ketones (excluding diaryl/α,β-unsaturated/α-hetero) is 1. The number of carbonyl (C=O) groups is 3. The summed E-state index contributed by atoms with van der Waals surface area (Å²) in [7, 11) is 0. The molecule has 0 saturated carbocycles. The minimum atomic E-state index is -0.412. The molecule has 1 N–H and O–H groups in total. The summed E-state index contributed by atoms with van der Waals surface area (Å²) in [4.78, 5) is 35.5. The van der Waals surface area contributed by atoms with Gasteiger partial charge in [-0.2, -0.15) is 0 Å². The van der Waals surface area contributed by atoms with Gasteiger partial charge in [0.15, 0.2) is 0 Å². The van der Waals surface area contributed by atoms with E-state index < -0.39 is 6.04 Å². The zero-order valence-electron chi connectivity index (χ0n) is 9.24. The zero-order valence-corrected chi connectivity index (χ0v) is 9.24. The van der Waals surface area contributed by atoms with Crippen molar-refractivity contribution in [1.29, 1.82) is 0 Å². The molecule has 15 heavy (non-hydrogen) atoms. The number of nitrogens with zero attached hydrogens (tertiary/aromatic N) is 1. The van der Waals surface area contributed by atoms with E-state index in [0.29, 0.717) is 0 Å². The van der Waals surface area contributed by atoms with E-state index in [1.807, 2.05) is 0 Å². The lowest BCUT2D eigenvalue weighted by molar-refractivity contribution is -0.140. The highest BCUT2D eigenvalue weighted by Gasteiger charge is 2.31. The molecule has 1 unspecified atom stereocenters. The van der Waals surface area contributed by atoms with Gasteiger partial charge in [0.05, 0.1) is 19.1 Å². The Hall–Kier alpha value is -1.23. The fraction of sp³-hybridized carbons (Fsp3) is 0.700. The quantitative estimate of drug-likeness (QED) is 0.644. The SMILES string of the molecule is CC(C)C(=O)CN1CC(=O)NC(=O)C1C. The first kappa shape index (κ1) is 11.8. The third kappa shape index (κ3) is 2.86. The molecule has 84 valence electrons. The van der Waals surface area contributed by atoms with Crippen molar-refractivity contribution in [3.63, 3.8) is 0 Å². The van der Waals surface area contributed by atoms with E-state index in [1.165, 1.54) is 0 Å². The maximum absolute atomic E-state index is 11.5. The van der Waals surface area contributed by atoms with Crippen molar-refractivity contribution in [2.24, 2.45) is 5.92 Å². The van der Waals surface area contributed by atoms with Gasteiger partial charge in [-0.05, 0) is 6.92 Å². The number of rotatable bonds is 3. The maximum atomic E-state index is 11.5. The molecular weight excluding hydrogens is 196 g/mol. The minimum absolute atomic E-state index is 0.0457. The summed E-state index contributed by atoms with van der Waals surface area (Å²) in [5.74, 6) is -0.695. The van der Waals surface area contributed by atoms with Crippen molar-refractivity contribution in [3.05, 3.63) is 0 Å². The van der Waals surface area contributed by atoms with Crippen LogP contribution in [0.1, 0.15) is 20.8 Å². The summed E-state index contributed by atoms with van der Waals surface area (Å²) in [6.07, 6.45) is 0. The molecule has 2 amide bonds. The number of carbonyl (C=O) groups excluding carboxylic acids is 3. The predicted molar refractivity (Wildman–Crippen MR) is 54.0 cm³/mol. The lowest BCUT2D eigenvalue weighted by Gasteiger charge is -2.31. The van der Waals surface area contributed by atoms with Crippen LogP contribution in [0.4, 0.5) is 0 Å². The molecule has 0 aliphatic carbocycles. The van der Waals surface area contributed by atoms with Crippen LogP contribution < -0.4 is 5.32 Å². The molecule has 1 rings (SSSR count). The highest BCUT2D eigenvalue weighted by molar-refractivity contribution is 6.01. The highest BCUT2D eigenvalue weighted by Crippen LogP contribution is 2.06. The van der Waals surface area contributed by atoms with Gasteiger partial charge in [-0.3, -0.25) is 24.6 Å². The number of amides is 2. The van der Waals surface area contributed by atoms with Gasteiger partial charge >= 0.3 is 0 Å². The second-order valence-electron chi connectivity index (χ2n) is 4.11. The van der Waals surface area contributed by atoms with Crippen molar-refractivity contribution < 1.29 is 14.4 Å². The van der Waals surface area contributed by atoms with E-state index in [1.54, 1.807) is 25.7 Å². The van der Waals surface area contributed by atoms with Gasteiger partial charge in [0.25, 0.3) is 0 Å². The molecular formula is C10H16N2O3. The number of nitrogens with one attached hydrogen (secondary N) is 1. The summed E-state index contributed by atoms with van der Waals surface area (Å²) in [6.45, 7) is 5.58. The van der Waals surface area contributed by atoms with Gasteiger partial charge in [-0.25, -0.2) is 0 Å². The Morgan fingerprint density at radius 1 is 1.53 bits per heavy atom. The van der Waals surface area contributed by atoms with Gasteiger partial charge in [0.1, 0.15) is 5.78 Å². The summed E-state index contributed by atoms with van der Waals surface area (Å²) >= 11 is 0. The molecule has 1 saturated heterocycles. The lowest BCUT2D eigenvalue weighted by atomic mass is 10.1. The van der Waals surface area contributed by atoms with Crippen LogP contribution in [0, 0.1) is 5.92 Å². The molecule has 0 aromatic carbocycles. The van der Waals surface area contributed by atoms with Crippen LogP contribution in [0.5, 0.6) is 0 Å². The first-order valence-corrected chi connectivity index (χ1v) is 5.02. The molecule has 1 heterocycles. The molecule has 0 spiro atoms. The number of piperazine rings is 1. The molecule has 0 bridgehead atoms. The Labute approximate surface area is 88.8 Å². The number of hydrogen-bond acceptors (Lipinski definition) is 4. The fourth-order valence-corrected chi connectivity index (χ4v) is 1.34. The monoisotopic (exact) mass is 212 g/mol. The second-order valence-corrected chi connectivity index (χ2v) is 4.11. The first-order chi connectivity index (χ1) is 6.91. The third-order valence-electron chi connectivity index (χ3n) is 2.54. The Morgan fingerprint density at radius 2 is 2.13 bits per heavy atom. The van der Waals surface area contributed by atoms with Crippen LogP contribution in [0.25, 0.3) is 0 Å². The van der Waals surface area contributed by atoms with Crippen LogP contribution in [-0.4, -0.2) is 41.6 Å². The minimum Gasteiger partial charge on any atom is -0.298 e. The van der Waals surface area contributed by atoms with Crippen LogP contribution in [0.15, 0.2) is 0 Å². The van der Waals surface area contributed by atoms with Crippen molar-refractivity contribution in [3.8, 4) is 0 Å². The zero-order chi connectivity index (χ0) is 11.6. The van der Waals surface area contributed by atoms with Crippen LogP contribution in [-0.2, 0) is 14.4 Å². The Morgan fingerprint density at radius 3 is 2.67 bits per heavy atom. The molecule has 5 heteroatoms. The van der Waals surface area contributed by atoms with Crippen LogP contribution >= 0.6 is 0 Å². The first-order valence-electron chi connectivity index (χ1n) is 5.02. The van der Waals surface area contributed by atoms with Gasteiger partial charge in [-0.15, -0.1) is 0 Å². The van der Waals surface area contributed by atoms with Crippen molar-refractivity contribution in [1.82, 2.24) is 10.2 Å². The maximum Gasteiger partial charge on any atom is 0.243 e. The van der Waals surface area contributed by atoms with Gasteiger partial charge < -0.3 is 0 Å². The number of imide groups is 1. The Balaban J connectivity index is 2.64. The highest BCUT2D eigenvalue weighted by atomic mass is 16.2. The Kier molecular flexibility index (Phi) is 3.57. The summed E-state index contributed by atoms with van der Waals surface area (Å²) in [5.41, 5.74) is 0. The summed E-state index contributed by atoms with van der Waals surface area (Å²) in [5, 5.41) is 2.23. The van der Waals surface area contributed by atoms with E-state index in [0.717, 1.165) is 0 Å². The van der Waals surface area contributed by atoms with E-state index in [2.05, 4.69) is 5.32 Å². The van der Waals surface area contributed by atoms with Gasteiger partial charge in [0, 0.05) is 5.92 Å². The van der Waals surface area contributed by atoms with Gasteiger partial charge in [0.2, 0.25) is 11.8 Å². The largest absolute Gasteiger partial charge is 0.298 e. The van der Waals surface area contributed by atoms with E-state index in [-0.39, 0.29) is 36.6 Å². The topological polar surface area (TPSA) is 66.5 Å². The average Bonchev–Trinajstić information content (AvgIpc) is 2.13. The standard InChI is InChI=1S/C10H16N2O3/c1-6(2)8(13)4-12-5-9(14)11-10(15)7(12)3/h6-7H,4-5H2,1-3H3,(H,11,14,15). The van der Waals surface area contributed by atoms with E-state index in [9.17, 15) is 14.4 Å². The predicted octanol–water partition coefficient (Wildman–Crippen LogP) is -0.442. The van der Waals surface area contributed by atoms with E-state index >= 15 is 0 Å². The molecule has 1 fully saturated rings. The van der Waals surface area contributed by atoms with Crippen molar-refractivity contribution in [2.45, 2.75) is 26.8 Å². The molecule has 0 radical (unpaired) electrons. The second kappa shape index (κ2) is 4.53. The molecule has 1 aliphatic heterocycles. The summed E-state index contributed by atoms with van der Waals surface area (Å²) in [6, 6.07) is -0.412. The molecule has 0 aromatic rings. The number of ketones is 1. The molecule has 0 aromatic heterocycles.